The number of carbonyl (C=O) groups excluding carboxylic acids is 2. The second-order valence-electron chi connectivity index (χ2n) is 6.46. The van der Waals surface area contributed by atoms with Gasteiger partial charge in [-0.15, -0.1) is 0 Å². The zero-order chi connectivity index (χ0) is 17.6. The number of benzene rings is 1. The molecule has 1 aliphatic carbocycles. The summed E-state index contributed by atoms with van der Waals surface area (Å²) in [6, 6.07) is 6.11. The van der Waals surface area contributed by atoms with Crippen molar-refractivity contribution in [2.24, 2.45) is 0 Å². The Labute approximate surface area is 148 Å². The molecule has 0 unspecified atom stereocenters. The monoisotopic (exact) mass is 346 g/mol. The van der Waals surface area contributed by atoms with Crippen LogP contribution in [-0.4, -0.2) is 61.2 Å². The fourth-order valence-electron chi connectivity index (χ4n) is 3.47. The molecule has 1 aromatic rings. The van der Waals surface area contributed by atoms with E-state index in [0.29, 0.717) is 32.8 Å². The number of fused-ring (bicyclic) bond motifs is 1. The molecule has 3 rings (SSSR count). The normalized spacial score (nSPS) is 17.0. The second kappa shape index (κ2) is 8.23. The molecule has 6 nitrogen and oxygen atoms in total. The van der Waals surface area contributed by atoms with E-state index in [1.807, 2.05) is 12.1 Å². The minimum Gasteiger partial charge on any atom is -0.483 e. The first-order valence-corrected chi connectivity index (χ1v) is 9.12. The highest BCUT2D eigenvalue weighted by Gasteiger charge is 2.25. The summed E-state index contributed by atoms with van der Waals surface area (Å²) in [6.45, 7) is 4.26. The minimum atomic E-state index is -0.304. The van der Waals surface area contributed by atoms with Crippen LogP contribution >= 0.6 is 0 Å². The van der Waals surface area contributed by atoms with Gasteiger partial charge in [0.15, 0.2) is 6.61 Å². The Morgan fingerprint density at radius 1 is 1.04 bits per heavy atom. The van der Waals surface area contributed by atoms with E-state index in [9.17, 15) is 9.59 Å². The molecule has 1 fully saturated rings. The topological polar surface area (TPSA) is 59.1 Å². The highest BCUT2D eigenvalue weighted by Crippen LogP contribution is 2.29. The molecule has 0 atom stereocenters. The molecule has 0 aromatic heterocycles. The molecule has 6 heteroatoms. The number of aryl methyl sites for hydroxylation is 1. The van der Waals surface area contributed by atoms with E-state index in [0.717, 1.165) is 18.6 Å². The summed E-state index contributed by atoms with van der Waals surface area (Å²) in [5, 5.41) is 0. The van der Waals surface area contributed by atoms with E-state index in [2.05, 4.69) is 6.07 Å². The molecule has 0 saturated carbocycles. The first-order valence-electron chi connectivity index (χ1n) is 9.12. The maximum Gasteiger partial charge on any atom is 0.409 e. The van der Waals surface area contributed by atoms with Crippen LogP contribution in [-0.2, 0) is 22.4 Å². The van der Waals surface area contributed by atoms with Crippen LogP contribution in [0.3, 0.4) is 0 Å². The molecule has 0 spiro atoms. The van der Waals surface area contributed by atoms with Gasteiger partial charge in [-0.05, 0) is 49.8 Å². The van der Waals surface area contributed by atoms with Gasteiger partial charge in [-0.3, -0.25) is 4.79 Å². The maximum absolute atomic E-state index is 12.4. The maximum atomic E-state index is 12.4. The SMILES string of the molecule is CCOC(=O)N1CCN(C(=O)COc2cccc3c2CCCC3)CC1. The number of hydrogen-bond donors (Lipinski definition) is 0. The highest BCUT2D eigenvalue weighted by atomic mass is 16.6. The molecular weight excluding hydrogens is 320 g/mol. The summed E-state index contributed by atoms with van der Waals surface area (Å²) in [7, 11) is 0. The standard InChI is InChI=1S/C19H26N2O4/c1-2-24-19(23)21-12-10-20(11-13-21)18(22)14-25-17-9-5-7-15-6-3-4-8-16(15)17/h5,7,9H,2-4,6,8,10-14H2,1H3. The van der Waals surface area contributed by atoms with E-state index < -0.39 is 0 Å². The van der Waals surface area contributed by atoms with Crippen molar-refractivity contribution in [1.29, 1.82) is 0 Å². The van der Waals surface area contributed by atoms with Crippen molar-refractivity contribution >= 4 is 12.0 Å². The van der Waals surface area contributed by atoms with Crippen molar-refractivity contribution < 1.29 is 19.1 Å². The predicted molar refractivity (Wildman–Crippen MR) is 93.8 cm³/mol. The molecule has 2 aliphatic rings. The lowest BCUT2D eigenvalue weighted by molar-refractivity contribution is -0.135. The predicted octanol–water partition coefficient (Wildman–Crippen LogP) is 2.24. The van der Waals surface area contributed by atoms with E-state index in [1.54, 1.807) is 16.7 Å². The van der Waals surface area contributed by atoms with Gasteiger partial charge in [0.2, 0.25) is 0 Å². The third-order valence-corrected chi connectivity index (χ3v) is 4.86. The van der Waals surface area contributed by atoms with Crippen LogP contribution in [0, 0.1) is 0 Å². The summed E-state index contributed by atoms with van der Waals surface area (Å²) in [6.07, 6.45) is 4.22. The zero-order valence-electron chi connectivity index (χ0n) is 14.8. The average Bonchev–Trinajstić information content (AvgIpc) is 2.66. The quantitative estimate of drug-likeness (QED) is 0.839. The molecule has 0 N–H and O–H groups in total. The zero-order valence-corrected chi connectivity index (χ0v) is 14.8. The number of carbonyl (C=O) groups is 2. The number of piperazine rings is 1. The van der Waals surface area contributed by atoms with E-state index >= 15 is 0 Å². The number of amides is 2. The van der Waals surface area contributed by atoms with Gasteiger partial charge in [-0.1, -0.05) is 12.1 Å². The van der Waals surface area contributed by atoms with Crippen LogP contribution in [0.1, 0.15) is 30.9 Å². The molecule has 1 aromatic carbocycles. The molecule has 25 heavy (non-hydrogen) atoms. The molecule has 1 saturated heterocycles. The molecule has 1 heterocycles. The smallest absolute Gasteiger partial charge is 0.409 e. The largest absolute Gasteiger partial charge is 0.483 e. The van der Waals surface area contributed by atoms with Gasteiger partial charge in [0.25, 0.3) is 5.91 Å². The van der Waals surface area contributed by atoms with Gasteiger partial charge in [0.1, 0.15) is 5.75 Å². The average molecular weight is 346 g/mol. The number of hydrogen-bond acceptors (Lipinski definition) is 4. The lowest BCUT2D eigenvalue weighted by Crippen LogP contribution is -2.51. The third-order valence-electron chi connectivity index (χ3n) is 4.86. The molecule has 136 valence electrons. The van der Waals surface area contributed by atoms with Crippen LogP contribution in [0.4, 0.5) is 4.79 Å². The minimum absolute atomic E-state index is 0.0306. The number of ether oxygens (including phenoxy) is 2. The van der Waals surface area contributed by atoms with Crippen LogP contribution < -0.4 is 4.74 Å². The summed E-state index contributed by atoms with van der Waals surface area (Å²) < 4.78 is 10.8. The van der Waals surface area contributed by atoms with Gasteiger partial charge >= 0.3 is 6.09 Å². The summed E-state index contributed by atoms with van der Waals surface area (Å²) >= 11 is 0. The highest BCUT2D eigenvalue weighted by molar-refractivity contribution is 5.78. The van der Waals surface area contributed by atoms with Gasteiger partial charge in [-0.2, -0.15) is 0 Å². The van der Waals surface area contributed by atoms with Crippen molar-refractivity contribution in [1.82, 2.24) is 9.80 Å². The first kappa shape index (κ1) is 17.6. The van der Waals surface area contributed by atoms with Crippen molar-refractivity contribution in [2.45, 2.75) is 32.6 Å². The van der Waals surface area contributed by atoms with Gasteiger partial charge in [0.05, 0.1) is 6.61 Å². The Balaban J connectivity index is 1.50. The summed E-state index contributed by atoms with van der Waals surface area (Å²) in [4.78, 5) is 27.5. The van der Waals surface area contributed by atoms with Crippen molar-refractivity contribution in [3.63, 3.8) is 0 Å². The van der Waals surface area contributed by atoms with Crippen LogP contribution in [0.15, 0.2) is 18.2 Å². The van der Waals surface area contributed by atoms with E-state index in [4.69, 9.17) is 9.47 Å². The van der Waals surface area contributed by atoms with E-state index in [-0.39, 0.29) is 18.6 Å². The Morgan fingerprint density at radius 2 is 1.76 bits per heavy atom. The molecular formula is C19H26N2O4. The summed E-state index contributed by atoms with van der Waals surface area (Å²) in [5.41, 5.74) is 2.60. The Bertz CT molecular complexity index is 624. The fourth-order valence-corrected chi connectivity index (χ4v) is 3.47. The fraction of sp³-hybridized carbons (Fsp3) is 0.579. The third kappa shape index (κ3) is 4.24. The van der Waals surface area contributed by atoms with Gasteiger partial charge < -0.3 is 19.3 Å². The van der Waals surface area contributed by atoms with Gasteiger partial charge in [-0.25, -0.2) is 4.79 Å². The first-order chi connectivity index (χ1) is 12.2. The number of nitrogens with zero attached hydrogens (tertiary/aromatic N) is 2. The van der Waals surface area contributed by atoms with Crippen molar-refractivity contribution in [3.8, 4) is 5.75 Å². The summed E-state index contributed by atoms with van der Waals surface area (Å²) in [5.74, 6) is 0.813. The van der Waals surface area contributed by atoms with Crippen molar-refractivity contribution in [2.75, 3.05) is 39.4 Å². The number of rotatable bonds is 4. The Morgan fingerprint density at radius 3 is 2.52 bits per heavy atom. The van der Waals surface area contributed by atoms with Crippen LogP contribution in [0.5, 0.6) is 5.75 Å². The van der Waals surface area contributed by atoms with Crippen molar-refractivity contribution in [3.05, 3.63) is 29.3 Å². The van der Waals surface area contributed by atoms with E-state index in [1.165, 1.54) is 24.0 Å². The Hall–Kier alpha value is -2.24. The second-order valence-corrected chi connectivity index (χ2v) is 6.46. The van der Waals surface area contributed by atoms with Crippen LogP contribution in [0.25, 0.3) is 0 Å². The molecule has 0 radical (unpaired) electrons. The molecule has 1 aliphatic heterocycles. The lowest BCUT2D eigenvalue weighted by Gasteiger charge is -2.34. The lowest BCUT2D eigenvalue weighted by atomic mass is 9.91. The Kier molecular flexibility index (Phi) is 5.79. The van der Waals surface area contributed by atoms with Crippen LogP contribution in [0.2, 0.25) is 0 Å². The molecule has 0 bridgehead atoms. The molecule has 2 amide bonds. The van der Waals surface area contributed by atoms with Gasteiger partial charge in [0, 0.05) is 26.2 Å².